The zero-order chi connectivity index (χ0) is 26.4. The number of halogens is 1. The Morgan fingerprint density at radius 3 is 2.46 bits per heavy atom. The smallest absolute Gasteiger partial charge is 0.411 e. The van der Waals surface area contributed by atoms with Crippen molar-refractivity contribution < 1.29 is 23.9 Å². The summed E-state index contributed by atoms with van der Waals surface area (Å²) in [5, 5.41) is 6.11. The topological polar surface area (TPSA) is 97.0 Å². The van der Waals surface area contributed by atoms with E-state index in [0.29, 0.717) is 35.0 Å². The lowest BCUT2D eigenvalue weighted by atomic mass is 10.00. The van der Waals surface area contributed by atoms with E-state index in [2.05, 4.69) is 10.6 Å². The predicted molar refractivity (Wildman–Crippen MR) is 140 cm³/mol. The lowest BCUT2D eigenvalue weighted by Gasteiger charge is -2.24. The molecular formula is C28H28ClN3O5. The maximum atomic E-state index is 13.2. The van der Waals surface area contributed by atoms with Crippen molar-refractivity contribution in [2.24, 2.45) is 0 Å². The average molecular weight is 522 g/mol. The van der Waals surface area contributed by atoms with Crippen molar-refractivity contribution >= 4 is 35.2 Å². The summed E-state index contributed by atoms with van der Waals surface area (Å²) in [6.07, 6.45) is -1.39. The molecule has 192 valence electrons. The van der Waals surface area contributed by atoms with E-state index in [0.717, 1.165) is 11.1 Å². The van der Waals surface area contributed by atoms with Gasteiger partial charge in [0.1, 0.15) is 0 Å². The summed E-state index contributed by atoms with van der Waals surface area (Å²) in [6, 6.07) is 20.4. The lowest BCUT2D eigenvalue weighted by Crippen LogP contribution is -2.47. The third-order valence-electron chi connectivity index (χ3n) is 6.02. The third-order valence-corrected chi connectivity index (χ3v) is 6.25. The molecule has 3 aromatic carbocycles. The first kappa shape index (κ1) is 26.2. The number of rotatable bonds is 9. The molecule has 4 rings (SSSR count). The van der Waals surface area contributed by atoms with Gasteiger partial charge in [0.05, 0.1) is 13.2 Å². The number of benzene rings is 3. The molecule has 1 heterocycles. The van der Waals surface area contributed by atoms with Crippen LogP contribution in [0.25, 0.3) is 0 Å². The van der Waals surface area contributed by atoms with Gasteiger partial charge in [-0.05, 0) is 48.4 Å². The van der Waals surface area contributed by atoms with Gasteiger partial charge >= 0.3 is 6.09 Å². The van der Waals surface area contributed by atoms with Crippen LogP contribution in [0.1, 0.15) is 33.2 Å². The highest BCUT2D eigenvalue weighted by Crippen LogP contribution is 2.34. The van der Waals surface area contributed by atoms with Crippen LogP contribution in [0.15, 0.2) is 72.8 Å². The molecule has 1 fully saturated rings. The van der Waals surface area contributed by atoms with Crippen LogP contribution in [-0.2, 0) is 20.8 Å². The minimum Gasteiger partial charge on any atom is -0.438 e. The van der Waals surface area contributed by atoms with Crippen LogP contribution >= 0.6 is 11.6 Å². The summed E-state index contributed by atoms with van der Waals surface area (Å²) in [5.41, 5.74) is 3.60. The Morgan fingerprint density at radius 2 is 1.78 bits per heavy atom. The molecule has 8 nitrogen and oxygen atoms in total. The number of aryl methyl sites for hydroxylation is 1. The summed E-state index contributed by atoms with van der Waals surface area (Å²) in [6.45, 7) is 2.86. The van der Waals surface area contributed by atoms with E-state index in [4.69, 9.17) is 21.1 Å². The zero-order valence-electron chi connectivity index (χ0n) is 20.6. The first-order valence-corrected chi connectivity index (χ1v) is 12.2. The number of hydrogen-bond acceptors (Lipinski definition) is 5. The molecule has 9 heteroatoms. The highest BCUT2D eigenvalue weighted by atomic mass is 35.5. The van der Waals surface area contributed by atoms with Crippen LogP contribution in [-0.4, -0.2) is 49.1 Å². The molecule has 3 amide bonds. The molecule has 0 radical (unpaired) electrons. The maximum Gasteiger partial charge on any atom is 0.411 e. The number of anilines is 1. The van der Waals surface area contributed by atoms with Crippen molar-refractivity contribution in [3.05, 3.63) is 100 Å². The van der Waals surface area contributed by atoms with Crippen molar-refractivity contribution in [2.75, 3.05) is 25.6 Å². The fraction of sp³-hybridized carbons (Fsp3) is 0.250. The summed E-state index contributed by atoms with van der Waals surface area (Å²) < 4.78 is 10.7. The average Bonchev–Trinajstić information content (AvgIpc) is 3.21. The summed E-state index contributed by atoms with van der Waals surface area (Å²) >= 11 is 5.98. The van der Waals surface area contributed by atoms with Crippen LogP contribution < -0.4 is 10.6 Å². The molecule has 0 unspecified atom stereocenters. The van der Waals surface area contributed by atoms with Crippen molar-refractivity contribution in [3.8, 4) is 0 Å². The molecule has 1 aliphatic rings. The molecule has 1 aliphatic heterocycles. The predicted octanol–water partition coefficient (Wildman–Crippen LogP) is 4.73. The van der Waals surface area contributed by atoms with Gasteiger partial charge in [-0.2, -0.15) is 0 Å². The number of cyclic esters (lactones) is 1. The second-order valence-electron chi connectivity index (χ2n) is 8.73. The number of hydrogen-bond donors (Lipinski definition) is 2. The van der Waals surface area contributed by atoms with E-state index < -0.39 is 18.2 Å². The Bertz CT molecular complexity index is 1260. The molecule has 2 N–H and O–H groups in total. The Balaban J connectivity index is 1.53. The van der Waals surface area contributed by atoms with Gasteiger partial charge in [0.15, 0.2) is 12.1 Å². The Morgan fingerprint density at radius 1 is 1.05 bits per heavy atom. The van der Waals surface area contributed by atoms with Gasteiger partial charge in [0.25, 0.3) is 5.91 Å². The standard InChI is InChI=1S/C28H28ClN3O5/c1-18-6-8-19(9-7-18)17-32-24(27(34)30-14-15-36-2)25(37-28(32)35)20-10-12-23(13-11-20)31-26(33)21-4-3-5-22(29)16-21/h3-13,16,24-25H,14-15,17H2,1-2H3,(H,30,34)(H,31,33)/t24-,25+/m0/s1. The van der Waals surface area contributed by atoms with Crippen molar-refractivity contribution in [3.63, 3.8) is 0 Å². The second-order valence-corrected chi connectivity index (χ2v) is 9.17. The van der Waals surface area contributed by atoms with Crippen LogP contribution in [0.2, 0.25) is 5.02 Å². The largest absolute Gasteiger partial charge is 0.438 e. The van der Waals surface area contributed by atoms with Gasteiger partial charge in [0, 0.05) is 29.9 Å². The third kappa shape index (κ3) is 6.47. The van der Waals surface area contributed by atoms with Gasteiger partial charge < -0.3 is 20.1 Å². The number of carbonyl (C=O) groups is 3. The van der Waals surface area contributed by atoms with E-state index in [-0.39, 0.29) is 18.4 Å². The molecule has 1 saturated heterocycles. The van der Waals surface area contributed by atoms with Crippen LogP contribution in [0.5, 0.6) is 0 Å². The molecule has 2 atom stereocenters. The first-order valence-electron chi connectivity index (χ1n) is 11.8. The summed E-state index contributed by atoms with van der Waals surface area (Å²) in [5.74, 6) is -0.638. The van der Waals surface area contributed by atoms with Crippen LogP contribution in [0.4, 0.5) is 10.5 Å². The Hall–Kier alpha value is -3.88. The molecule has 0 aliphatic carbocycles. The SMILES string of the molecule is COCCNC(=O)[C@@H]1[C@@H](c2ccc(NC(=O)c3cccc(Cl)c3)cc2)OC(=O)N1Cc1ccc(C)cc1. The normalized spacial score (nSPS) is 16.8. The summed E-state index contributed by atoms with van der Waals surface area (Å²) in [4.78, 5) is 40.1. The minimum atomic E-state index is -0.877. The van der Waals surface area contributed by atoms with Crippen LogP contribution in [0, 0.1) is 6.92 Å². The quantitative estimate of drug-likeness (QED) is 0.397. The number of nitrogens with zero attached hydrogens (tertiary/aromatic N) is 1. The molecule has 37 heavy (non-hydrogen) atoms. The van der Waals surface area contributed by atoms with E-state index in [1.54, 1.807) is 55.6 Å². The number of carbonyl (C=O) groups excluding carboxylic acids is 3. The monoisotopic (exact) mass is 521 g/mol. The van der Waals surface area contributed by atoms with Gasteiger partial charge in [0.2, 0.25) is 5.91 Å². The van der Waals surface area contributed by atoms with E-state index in [1.807, 2.05) is 31.2 Å². The van der Waals surface area contributed by atoms with E-state index in [1.165, 1.54) is 4.90 Å². The lowest BCUT2D eigenvalue weighted by molar-refractivity contribution is -0.126. The highest BCUT2D eigenvalue weighted by Gasteiger charge is 2.46. The molecule has 0 spiro atoms. The van der Waals surface area contributed by atoms with E-state index in [9.17, 15) is 14.4 Å². The Labute approximate surface area is 220 Å². The molecule has 0 saturated carbocycles. The highest BCUT2D eigenvalue weighted by molar-refractivity contribution is 6.31. The summed E-state index contributed by atoms with van der Waals surface area (Å²) in [7, 11) is 1.55. The van der Waals surface area contributed by atoms with Gasteiger partial charge in [-0.3, -0.25) is 14.5 Å². The molecule has 0 aromatic heterocycles. The number of ether oxygens (including phenoxy) is 2. The van der Waals surface area contributed by atoms with Gasteiger partial charge in [-0.1, -0.05) is 59.6 Å². The van der Waals surface area contributed by atoms with Gasteiger partial charge in [-0.15, -0.1) is 0 Å². The fourth-order valence-corrected chi connectivity index (χ4v) is 4.26. The fourth-order valence-electron chi connectivity index (χ4n) is 4.07. The van der Waals surface area contributed by atoms with Crippen LogP contribution in [0.3, 0.4) is 0 Å². The van der Waals surface area contributed by atoms with Crippen molar-refractivity contribution in [1.29, 1.82) is 0 Å². The van der Waals surface area contributed by atoms with Crippen molar-refractivity contribution in [1.82, 2.24) is 10.2 Å². The second kappa shape index (κ2) is 11.9. The maximum absolute atomic E-state index is 13.2. The molecule has 0 bridgehead atoms. The number of nitrogens with one attached hydrogen (secondary N) is 2. The zero-order valence-corrected chi connectivity index (χ0v) is 21.3. The minimum absolute atomic E-state index is 0.228. The van der Waals surface area contributed by atoms with E-state index >= 15 is 0 Å². The molecule has 3 aromatic rings. The number of methoxy groups -OCH3 is 1. The molecular weight excluding hydrogens is 494 g/mol. The van der Waals surface area contributed by atoms with Crippen molar-refractivity contribution in [2.45, 2.75) is 25.6 Å². The first-order chi connectivity index (χ1) is 17.9. The van der Waals surface area contributed by atoms with Gasteiger partial charge in [-0.25, -0.2) is 4.79 Å². The number of amides is 3. The Kier molecular flexibility index (Phi) is 8.43.